The second-order valence-electron chi connectivity index (χ2n) is 2.13. The minimum atomic E-state index is -0.183. The quantitative estimate of drug-likeness (QED) is 0.537. The van der Waals surface area contributed by atoms with Crippen LogP contribution in [0.4, 0.5) is 0 Å². The maximum atomic E-state index is 10.9. The van der Waals surface area contributed by atoms with E-state index in [0.717, 1.165) is 11.3 Å². The van der Waals surface area contributed by atoms with E-state index in [1.54, 1.807) is 11.8 Å². The Labute approximate surface area is 64.6 Å². The second kappa shape index (κ2) is 3.10. The summed E-state index contributed by atoms with van der Waals surface area (Å²) >= 11 is 1.76. The third-order valence-electron chi connectivity index (χ3n) is 1.51. The monoisotopic (exact) mass is 158 g/mol. The first-order valence-electron chi connectivity index (χ1n) is 3.15. The number of ether oxygens (including phenoxy) is 1. The fourth-order valence-electron chi connectivity index (χ4n) is 0.905. The third-order valence-corrected chi connectivity index (χ3v) is 2.62. The highest BCUT2D eigenvalue weighted by Gasteiger charge is 2.21. The summed E-state index contributed by atoms with van der Waals surface area (Å²) in [6.45, 7) is 2.01. The third kappa shape index (κ3) is 1.34. The molecule has 0 spiro atoms. The van der Waals surface area contributed by atoms with Crippen molar-refractivity contribution in [3.05, 3.63) is 11.6 Å². The second-order valence-corrected chi connectivity index (χ2v) is 3.50. The van der Waals surface area contributed by atoms with Crippen LogP contribution in [-0.4, -0.2) is 24.1 Å². The predicted octanol–water partition coefficient (Wildman–Crippen LogP) is 1.22. The predicted molar refractivity (Wildman–Crippen MR) is 42.0 cm³/mol. The van der Waals surface area contributed by atoms with Crippen LogP contribution in [0.2, 0.25) is 0 Å². The van der Waals surface area contributed by atoms with Gasteiger partial charge in [-0.1, -0.05) is 6.08 Å². The number of carbonyl (C=O) groups excluding carboxylic acids is 1. The fraction of sp³-hybridized carbons (Fsp3) is 0.571. The lowest BCUT2D eigenvalue weighted by molar-refractivity contribution is -0.136. The van der Waals surface area contributed by atoms with Gasteiger partial charge in [0.25, 0.3) is 0 Å². The van der Waals surface area contributed by atoms with Crippen molar-refractivity contribution in [2.75, 3.05) is 12.9 Å². The molecule has 56 valence electrons. The van der Waals surface area contributed by atoms with Crippen molar-refractivity contribution in [2.45, 2.75) is 12.2 Å². The van der Waals surface area contributed by atoms with Gasteiger partial charge in [0, 0.05) is 16.6 Å². The summed E-state index contributed by atoms with van der Waals surface area (Å²) in [4.78, 5) is 10.9. The molecule has 1 heterocycles. The van der Waals surface area contributed by atoms with E-state index in [9.17, 15) is 4.79 Å². The Hall–Kier alpha value is -0.440. The minimum absolute atomic E-state index is 0.183. The standard InChI is InChI=1S/C7H10O2S/c1-5-6(3-4-10-5)7(8)9-2/h3,5H,4H2,1-2H3. The summed E-state index contributed by atoms with van der Waals surface area (Å²) in [5, 5.41) is 0.312. The summed E-state index contributed by atoms with van der Waals surface area (Å²) in [5.74, 6) is 0.753. The number of methoxy groups -OCH3 is 1. The van der Waals surface area contributed by atoms with Crippen LogP contribution in [-0.2, 0) is 9.53 Å². The van der Waals surface area contributed by atoms with Crippen LogP contribution in [0.5, 0.6) is 0 Å². The van der Waals surface area contributed by atoms with Crippen molar-refractivity contribution in [1.82, 2.24) is 0 Å². The number of esters is 1. The van der Waals surface area contributed by atoms with E-state index >= 15 is 0 Å². The highest BCUT2D eigenvalue weighted by Crippen LogP contribution is 2.26. The van der Waals surface area contributed by atoms with Crippen molar-refractivity contribution in [1.29, 1.82) is 0 Å². The number of carbonyl (C=O) groups is 1. The van der Waals surface area contributed by atoms with E-state index in [4.69, 9.17) is 0 Å². The molecule has 1 aliphatic heterocycles. The van der Waals surface area contributed by atoms with Crippen molar-refractivity contribution in [3.63, 3.8) is 0 Å². The Morgan fingerprint density at radius 3 is 3.00 bits per heavy atom. The van der Waals surface area contributed by atoms with Crippen LogP contribution >= 0.6 is 11.8 Å². The maximum absolute atomic E-state index is 10.9. The molecule has 1 aliphatic rings. The maximum Gasteiger partial charge on any atom is 0.334 e. The normalized spacial score (nSPS) is 24.2. The van der Waals surface area contributed by atoms with Crippen LogP contribution < -0.4 is 0 Å². The summed E-state index contributed by atoms with van der Waals surface area (Å²) in [5.41, 5.74) is 0.813. The molecule has 0 radical (unpaired) electrons. The van der Waals surface area contributed by atoms with E-state index < -0.39 is 0 Å². The molecule has 3 heteroatoms. The number of hydrogen-bond acceptors (Lipinski definition) is 3. The summed E-state index contributed by atoms with van der Waals surface area (Å²) in [7, 11) is 1.42. The fourth-order valence-corrected chi connectivity index (χ4v) is 1.84. The summed E-state index contributed by atoms with van der Waals surface area (Å²) < 4.78 is 4.58. The Morgan fingerprint density at radius 1 is 1.90 bits per heavy atom. The van der Waals surface area contributed by atoms with Gasteiger partial charge in [-0.15, -0.1) is 11.8 Å². The number of rotatable bonds is 1. The van der Waals surface area contributed by atoms with Gasteiger partial charge < -0.3 is 4.74 Å². The molecule has 10 heavy (non-hydrogen) atoms. The summed E-state index contributed by atoms with van der Waals surface area (Å²) in [6, 6.07) is 0. The van der Waals surface area contributed by atoms with Crippen LogP contribution in [0.1, 0.15) is 6.92 Å². The van der Waals surface area contributed by atoms with Crippen molar-refractivity contribution in [3.8, 4) is 0 Å². The van der Waals surface area contributed by atoms with E-state index in [-0.39, 0.29) is 5.97 Å². The lowest BCUT2D eigenvalue weighted by atomic mass is 10.2. The first-order chi connectivity index (χ1) is 4.75. The average molecular weight is 158 g/mol. The molecule has 0 saturated carbocycles. The van der Waals surface area contributed by atoms with Gasteiger partial charge in [0.05, 0.1) is 7.11 Å². The molecule has 0 saturated heterocycles. The van der Waals surface area contributed by atoms with E-state index in [0.29, 0.717) is 5.25 Å². The van der Waals surface area contributed by atoms with Gasteiger partial charge in [0.2, 0.25) is 0 Å². The SMILES string of the molecule is COC(=O)C1=CCSC1C. The molecule has 0 aliphatic carbocycles. The van der Waals surface area contributed by atoms with E-state index in [1.165, 1.54) is 7.11 Å². The molecule has 0 amide bonds. The highest BCUT2D eigenvalue weighted by atomic mass is 32.2. The molecule has 1 rings (SSSR count). The van der Waals surface area contributed by atoms with Gasteiger partial charge >= 0.3 is 5.97 Å². The lowest BCUT2D eigenvalue weighted by Crippen LogP contribution is -2.10. The molecule has 0 fully saturated rings. The van der Waals surface area contributed by atoms with Gasteiger partial charge in [-0.2, -0.15) is 0 Å². The molecule has 1 unspecified atom stereocenters. The first-order valence-corrected chi connectivity index (χ1v) is 4.20. The molecule has 0 aromatic rings. The Bertz CT molecular complexity index is 174. The highest BCUT2D eigenvalue weighted by molar-refractivity contribution is 8.00. The number of thioether (sulfide) groups is 1. The van der Waals surface area contributed by atoms with E-state index in [1.807, 2.05) is 13.0 Å². The number of hydrogen-bond donors (Lipinski definition) is 0. The zero-order chi connectivity index (χ0) is 7.56. The topological polar surface area (TPSA) is 26.3 Å². The molecule has 0 aromatic heterocycles. The van der Waals surface area contributed by atoms with Gasteiger partial charge in [0.15, 0.2) is 0 Å². The minimum Gasteiger partial charge on any atom is -0.466 e. The molecule has 1 atom stereocenters. The molecule has 0 aromatic carbocycles. The Balaban J connectivity index is 2.63. The zero-order valence-corrected chi connectivity index (χ0v) is 6.90. The molecular formula is C7H10O2S. The van der Waals surface area contributed by atoms with Crippen LogP contribution in [0.15, 0.2) is 11.6 Å². The summed E-state index contributed by atoms with van der Waals surface area (Å²) in [6.07, 6.45) is 1.93. The lowest BCUT2D eigenvalue weighted by Gasteiger charge is -2.04. The zero-order valence-electron chi connectivity index (χ0n) is 6.09. The van der Waals surface area contributed by atoms with Crippen LogP contribution in [0.3, 0.4) is 0 Å². The largest absolute Gasteiger partial charge is 0.466 e. The average Bonchev–Trinajstić information content (AvgIpc) is 2.34. The van der Waals surface area contributed by atoms with Gasteiger partial charge in [0.1, 0.15) is 0 Å². The van der Waals surface area contributed by atoms with E-state index in [2.05, 4.69) is 4.74 Å². The van der Waals surface area contributed by atoms with Crippen molar-refractivity contribution in [2.24, 2.45) is 0 Å². The van der Waals surface area contributed by atoms with Crippen molar-refractivity contribution < 1.29 is 9.53 Å². The van der Waals surface area contributed by atoms with Crippen LogP contribution in [0.25, 0.3) is 0 Å². The molecule has 0 bridgehead atoms. The van der Waals surface area contributed by atoms with Gasteiger partial charge in [-0.3, -0.25) is 0 Å². The van der Waals surface area contributed by atoms with Gasteiger partial charge in [-0.25, -0.2) is 4.79 Å². The Morgan fingerprint density at radius 2 is 2.60 bits per heavy atom. The van der Waals surface area contributed by atoms with Crippen LogP contribution in [0, 0.1) is 0 Å². The Kier molecular flexibility index (Phi) is 2.38. The molecule has 0 N–H and O–H groups in total. The molecular weight excluding hydrogens is 148 g/mol. The van der Waals surface area contributed by atoms with Crippen molar-refractivity contribution >= 4 is 17.7 Å². The molecule has 2 nitrogen and oxygen atoms in total. The smallest absolute Gasteiger partial charge is 0.334 e. The van der Waals surface area contributed by atoms with Gasteiger partial charge in [-0.05, 0) is 6.92 Å². The first kappa shape index (κ1) is 7.66.